The van der Waals surface area contributed by atoms with Crippen LogP contribution in [0.25, 0.3) is 11.0 Å². The topological polar surface area (TPSA) is 94.8 Å². The van der Waals surface area contributed by atoms with Gasteiger partial charge in [0.15, 0.2) is 0 Å². The monoisotopic (exact) mass is 409 g/mol. The predicted octanol–water partition coefficient (Wildman–Crippen LogP) is 3.83. The number of ether oxygens (including phenoxy) is 2. The van der Waals surface area contributed by atoms with Crippen molar-refractivity contribution in [1.82, 2.24) is 5.32 Å². The molecule has 0 saturated heterocycles. The Morgan fingerprint density at radius 1 is 1.03 bits per heavy atom. The van der Waals surface area contributed by atoms with E-state index in [2.05, 4.69) is 5.32 Å². The Kier molecular flexibility index (Phi) is 6.20. The first kappa shape index (κ1) is 21.1. The molecule has 1 N–H and O–H groups in total. The maximum atomic E-state index is 12.8. The molecule has 0 aliphatic rings. The molecule has 1 amide bonds. The standard InChI is InChI=1S/C23H23NO6/c1-23(2,3)30-22(27)24-18(13-15-7-5-4-6-8-15)21(26)28-17-11-9-16-10-12-20(25)29-19(16)14-17/h4-12,14,18H,13H2,1-3H3,(H,24,27)/t18-/m1/s1. The molecule has 0 aliphatic carbocycles. The summed E-state index contributed by atoms with van der Waals surface area (Å²) < 4.78 is 15.8. The Balaban J connectivity index is 1.79. The van der Waals surface area contributed by atoms with Gasteiger partial charge in [0.05, 0.1) is 0 Å². The molecule has 7 nitrogen and oxygen atoms in total. The highest BCUT2D eigenvalue weighted by Crippen LogP contribution is 2.20. The van der Waals surface area contributed by atoms with Crippen LogP contribution in [0.15, 0.2) is 69.9 Å². The molecule has 0 fully saturated rings. The van der Waals surface area contributed by atoms with Crippen molar-refractivity contribution in [2.45, 2.75) is 38.8 Å². The highest BCUT2D eigenvalue weighted by molar-refractivity contribution is 5.84. The largest absolute Gasteiger partial charge is 0.444 e. The molecule has 0 aliphatic heterocycles. The van der Waals surface area contributed by atoms with Crippen molar-refractivity contribution in [2.24, 2.45) is 0 Å². The molecule has 2 aromatic carbocycles. The maximum Gasteiger partial charge on any atom is 0.408 e. The number of nitrogens with one attached hydrogen (secondary N) is 1. The lowest BCUT2D eigenvalue weighted by molar-refractivity contribution is -0.136. The van der Waals surface area contributed by atoms with Gasteiger partial charge in [0.1, 0.15) is 23.0 Å². The summed E-state index contributed by atoms with van der Waals surface area (Å²) >= 11 is 0. The number of hydrogen-bond donors (Lipinski definition) is 1. The van der Waals surface area contributed by atoms with E-state index in [0.717, 1.165) is 5.56 Å². The van der Waals surface area contributed by atoms with Gasteiger partial charge in [-0.05, 0) is 44.5 Å². The number of benzene rings is 2. The lowest BCUT2D eigenvalue weighted by atomic mass is 10.1. The van der Waals surface area contributed by atoms with E-state index < -0.39 is 29.3 Å². The van der Waals surface area contributed by atoms with Gasteiger partial charge in [-0.3, -0.25) is 0 Å². The summed E-state index contributed by atoms with van der Waals surface area (Å²) in [6.45, 7) is 5.21. The second kappa shape index (κ2) is 8.82. The van der Waals surface area contributed by atoms with Crippen LogP contribution in [0.4, 0.5) is 4.79 Å². The minimum absolute atomic E-state index is 0.200. The highest BCUT2D eigenvalue weighted by Gasteiger charge is 2.26. The maximum absolute atomic E-state index is 12.8. The average Bonchev–Trinajstić information content (AvgIpc) is 2.66. The first-order valence-corrected chi connectivity index (χ1v) is 9.49. The van der Waals surface area contributed by atoms with Crippen LogP contribution in [-0.4, -0.2) is 23.7 Å². The van der Waals surface area contributed by atoms with Crippen molar-refractivity contribution in [1.29, 1.82) is 0 Å². The molecule has 0 unspecified atom stereocenters. The zero-order chi connectivity index (χ0) is 21.7. The van der Waals surface area contributed by atoms with Crippen molar-refractivity contribution in [3.8, 4) is 5.75 Å². The van der Waals surface area contributed by atoms with Crippen molar-refractivity contribution in [3.05, 3.63) is 76.6 Å². The van der Waals surface area contributed by atoms with E-state index >= 15 is 0 Å². The van der Waals surface area contributed by atoms with Crippen molar-refractivity contribution < 1.29 is 23.5 Å². The minimum Gasteiger partial charge on any atom is -0.444 e. The molecule has 0 radical (unpaired) electrons. The van der Waals surface area contributed by atoms with Gasteiger partial charge in [-0.25, -0.2) is 14.4 Å². The zero-order valence-electron chi connectivity index (χ0n) is 17.0. The van der Waals surface area contributed by atoms with Crippen LogP contribution in [0, 0.1) is 0 Å². The number of hydrogen-bond acceptors (Lipinski definition) is 6. The Hall–Kier alpha value is -3.61. The molecule has 156 valence electrons. The molecule has 7 heteroatoms. The van der Waals surface area contributed by atoms with Gasteiger partial charge in [0, 0.05) is 23.9 Å². The molecule has 1 aromatic heterocycles. The fourth-order valence-corrected chi connectivity index (χ4v) is 2.78. The van der Waals surface area contributed by atoms with E-state index in [4.69, 9.17) is 13.9 Å². The van der Waals surface area contributed by atoms with E-state index in [-0.39, 0.29) is 12.2 Å². The smallest absolute Gasteiger partial charge is 0.408 e. The second-order valence-corrected chi connectivity index (χ2v) is 7.76. The van der Waals surface area contributed by atoms with Gasteiger partial charge in [-0.15, -0.1) is 0 Å². The van der Waals surface area contributed by atoms with Crippen molar-refractivity contribution in [2.75, 3.05) is 0 Å². The number of esters is 1. The van der Waals surface area contributed by atoms with Crippen LogP contribution in [-0.2, 0) is 16.0 Å². The SMILES string of the molecule is CC(C)(C)OC(=O)N[C@H](Cc1ccccc1)C(=O)Oc1ccc2ccc(=O)oc2c1. The quantitative estimate of drug-likeness (QED) is 0.391. The predicted molar refractivity (Wildman–Crippen MR) is 111 cm³/mol. The molecule has 0 saturated carbocycles. The molecular weight excluding hydrogens is 386 g/mol. The highest BCUT2D eigenvalue weighted by atomic mass is 16.6. The molecule has 0 bridgehead atoms. The summed E-state index contributed by atoms with van der Waals surface area (Å²) in [5.41, 5.74) is -0.0618. The fourth-order valence-electron chi connectivity index (χ4n) is 2.78. The van der Waals surface area contributed by atoms with Crippen molar-refractivity contribution in [3.63, 3.8) is 0 Å². The summed E-state index contributed by atoms with van der Waals surface area (Å²) in [5.74, 6) is -0.465. The van der Waals surface area contributed by atoms with Gasteiger partial charge in [0.2, 0.25) is 0 Å². The third-order valence-electron chi connectivity index (χ3n) is 4.07. The lowest BCUT2D eigenvalue weighted by Crippen LogP contribution is -2.46. The van der Waals surface area contributed by atoms with Crippen LogP contribution in [0.2, 0.25) is 0 Å². The van der Waals surface area contributed by atoms with Gasteiger partial charge in [-0.1, -0.05) is 30.3 Å². The molecule has 30 heavy (non-hydrogen) atoms. The Bertz CT molecular complexity index is 1100. The molecule has 3 rings (SSSR count). The number of fused-ring (bicyclic) bond motifs is 1. The molecular formula is C23H23NO6. The summed E-state index contributed by atoms with van der Waals surface area (Å²) in [5, 5.41) is 3.28. The summed E-state index contributed by atoms with van der Waals surface area (Å²) in [4.78, 5) is 36.5. The third kappa shape index (κ3) is 5.94. The van der Waals surface area contributed by atoms with E-state index in [9.17, 15) is 14.4 Å². The number of alkyl carbamates (subject to hydrolysis) is 1. The Morgan fingerprint density at radius 2 is 1.73 bits per heavy atom. The van der Waals surface area contributed by atoms with Crippen LogP contribution < -0.4 is 15.7 Å². The van der Waals surface area contributed by atoms with E-state index in [0.29, 0.717) is 11.0 Å². The van der Waals surface area contributed by atoms with Gasteiger partial charge in [0.25, 0.3) is 0 Å². The summed E-state index contributed by atoms with van der Waals surface area (Å²) in [6, 6.07) is 15.9. The van der Waals surface area contributed by atoms with Crippen LogP contribution >= 0.6 is 0 Å². The van der Waals surface area contributed by atoms with Crippen LogP contribution in [0.5, 0.6) is 5.75 Å². The summed E-state index contributed by atoms with van der Waals surface area (Å²) in [7, 11) is 0. The second-order valence-electron chi connectivity index (χ2n) is 7.76. The zero-order valence-corrected chi connectivity index (χ0v) is 17.0. The third-order valence-corrected chi connectivity index (χ3v) is 4.07. The number of carbonyl (C=O) groups is 2. The number of amides is 1. The lowest BCUT2D eigenvalue weighted by Gasteiger charge is -2.23. The molecule has 1 heterocycles. The van der Waals surface area contributed by atoms with Gasteiger partial charge < -0.3 is 19.2 Å². The van der Waals surface area contributed by atoms with Crippen LogP contribution in [0.3, 0.4) is 0 Å². The normalized spacial score (nSPS) is 12.2. The first-order chi connectivity index (χ1) is 14.2. The summed E-state index contributed by atoms with van der Waals surface area (Å²) in [6.07, 6.45) is -0.494. The Morgan fingerprint density at radius 3 is 2.43 bits per heavy atom. The van der Waals surface area contributed by atoms with Crippen molar-refractivity contribution >= 4 is 23.0 Å². The number of rotatable bonds is 5. The first-order valence-electron chi connectivity index (χ1n) is 9.49. The molecule has 0 spiro atoms. The van der Waals surface area contributed by atoms with Gasteiger partial charge in [-0.2, -0.15) is 0 Å². The van der Waals surface area contributed by atoms with Gasteiger partial charge >= 0.3 is 17.7 Å². The van der Waals surface area contributed by atoms with Crippen LogP contribution in [0.1, 0.15) is 26.3 Å². The Labute approximate surface area is 173 Å². The number of carbonyl (C=O) groups excluding carboxylic acids is 2. The van der Waals surface area contributed by atoms with E-state index in [1.54, 1.807) is 39.0 Å². The fraction of sp³-hybridized carbons (Fsp3) is 0.261. The molecule has 1 atom stereocenters. The minimum atomic E-state index is -0.972. The van der Waals surface area contributed by atoms with E-state index in [1.807, 2.05) is 30.3 Å². The average molecular weight is 409 g/mol. The van der Waals surface area contributed by atoms with E-state index in [1.165, 1.54) is 12.1 Å². The molecule has 3 aromatic rings.